The summed E-state index contributed by atoms with van der Waals surface area (Å²) in [5, 5.41) is 0. The molecule has 0 aliphatic heterocycles. The van der Waals surface area contributed by atoms with Gasteiger partial charge in [-0.15, -0.1) is 0 Å². The molecule has 1 aromatic carbocycles. The number of hydrogen-bond donors (Lipinski definition) is 0. The number of nitrogens with zero attached hydrogens (tertiary/aromatic N) is 3. The fourth-order valence-electron chi connectivity index (χ4n) is 2.99. The third-order valence-electron chi connectivity index (χ3n) is 4.40. The number of aryl methyl sites for hydroxylation is 1. The zero-order valence-electron chi connectivity index (χ0n) is 12.8. The second kappa shape index (κ2) is 4.96. The summed E-state index contributed by atoms with van der Waals surface area (Å²) in [6, 6.07) is 6.01. The van der Waals surface area contributed by atoms with E-state index < -0.39 is 11.8 Å². The first-order valence-electron chi connectivity index (χ1n) is 7.56. The average Bonchev–Trinajstić information content (AvgIpc) is 2.95. The van der Waals surface area contributed by atoms with Crippen molar-refractivity contribution < 1.29 is 13.2 Å². The number of imidazole rings is 1. The minimum atomic E-state index is -2.74. The predicted molar refractivity (Wildman–Crippen MR) is 82.0 cm³/mol. The van der Waals surface area contributed by atoms with E-state index in [1.807, 2.05) is 0 Å². The van der Waals surface area contributed by atoms with E-state index in [1.165, 1.54) is 27.3 Å². The predicted octanol–water partition coefficient (Wildman–Crippen LogP) is 3.11. The molecule has 0 N–H and O–H groups in total. The van der Waals surface area contributed by atoms with Gasteiger partial charge in [0.25, 0.3) is 11.5 Å². The number of halogens is 3. The molecular weight excluding hydrogens is 319 g/mol. The third-order valence-corrected chi connectivity index (χ3v) is 4.40. The molecule has 3 aromatic rings. The van der Waals surface area contributed by atoms with Gasteiger partial charge in [0.05, 0.1) is 18.7 Å². The molecule has 0 unspecified atom stereocenters. The number of alkyl halides is 2. The summed E-state index contributed by atoms with van der Waals surface area (Å²) in [6.07, 6.45) is 2.72. The van der Waals surface area contributed by atoms with Crippen LogP contribution in [-0.4, -0.2) is 19.9 Å². The van der Waals surface area contributed by atoms with E-state index in [0.717, 1.165) is 0 Å². The van der Waals surface area contributed by atoms with Gasteiger partial charge in [0.1, 0.15) is 17.2 Å². The molecule has 1 aliphatic rings. The Bertz CT molecular complexity index is 1010. The van der Waals surface area contributed by atoms with Gasteiger partial charge in [0, 0.05) is 18.3 Å². The van der Waals surface area contributed by atoms with Crippen LogP contribution in [0.15, 0.2) is 41.5 Å². The maximum atomic E-state index is 13.3. The molecule has 1 saturated carbocycles. The summed E-state index contributed by atoms with van der Waals surface area (Å²) < 4.78 is 42.9. The fourth-order valence-corrected chi connectivity index (χ4v) is 2.99. The van der Waals surface area contributed by atoms with Gasteiger partial charge in [0.2, 0.25) is 0 Å². The molecule has 2 aromatic heterocycles. The van der Waals surface area contributed by atoms with Crippen molar-refractivity contribution in [1.82, 2.24) is 14.0 Å². The second-order valence-corrected chi connectivity index (χ2v) is 6.18. The number of benzene rings is 1. The maximum Gasteiger partial charge on any atom is 0.276 e. The lowest BCUT2D eigenvalue weighted by molar-refractivity contribution is 0.111. The van der Waals surface area contributed by atoms with Crippen molar-refractivity contribution in [3.05, 3.63) is 69.9 Å². The Hall–Kier alpha value is -2.57. The molecule has 4 rings (SSSR count). The quantitative estimate of drug-likeness (QED) is 0.739. The number of hydrogen-bond acceptors (Lipinski definition) is 2. The highest BCUT2D eigenvalue weighted by Crippen LogP contribution is 2.55. The van der Waals surface area contributed by atoms with Crippen LogP contribution in [-0.2, 0) is 6.54 Å². The van der Waals surface area contributed by atoms with Crippen LogP contribution in [0.4, 0.5) is 13.2 Å². The van der Waals surface area contributed by atoms with Crippen LogP contribution in [0.2, 0.25) is 0 Å². The number of rotatable bonds is 3. The van der Waals surface area contributed by atoms with Gasteiger partial charge in [-0.2, -0.15) is 0 Å². The molecule has 1 aliphatic carbocycles. The van der Waals surface area contributed by atoms with Crippen LogP contribution in [0.5, 0.6) is 0 Å². The first-order chi connectivity index (χ1) is 11.4. The molecule has 7 heteroatoms. The first-order valence-corrected chi connectivity index (χ1v) is 7.56. The highest BCUT2D eigenvalue weighted by Gasteiger charge is 2.59. The van der Waals surface area contributed by atoms with Crippen LogP contribution >= 0.6 is 0 Å². The summed E-state index contributed by atoms with van der Waals surface area (Å²) in [5.41, 5.74) is 1.16. The van der Waals surface area contributed by atoms with Gasteiger partial charge in [-0.3, -0.25) is 9.20 Å². The molecule has 2 heterocycles. The van der Waals surface area contributed by atoms with E-state index in [1.54, 1.807) is 25.3 Å². The largest absolute Gasteiger partial charge is 0.305 e. The van der Waals surface area contributed by atoms with Crippen LogP contribution in [0, 0.1) is 12.7 Å². The van der Waals surface area contributed by atoms with E-state index in [9.17, 15) is 18.0 Å². The average molecular weight is 333 g/mol. The lowest BCUT2D eigenvalue weighted by Crippen LogP contribution is -2.25. The molecule has 0 amide bonds. The fraction of sp³-hybridized carbons (Fsp3) is 0.294. The smallest absolute Gasteiger partial charge is 0.276 e. The Morgan fingerprint density at radius 1 is 1.38 bits per heavy atom. The number of aromatic nitrogens is 3. The molecule has 0 spiro atoms. The topological polar surface area (TPSA) is 39.3 Å². The molecule has 4 nitrogen and oxygen atoms in total. The molecular formula is C17H14F3N3O. The Balaban J connectivity index is 1.80. The van der Waals surface area contributed by atoms with Crippen molar-refractivity contribution >= 4 is 5.52 Å². The lowest BCUT2D eigenvalue weighted by Gasteiger charge is -2.12. The normalized spacial score (nSPS) is 18.9. The SMILES string of the molecule is Cc1cn2c([C@H]3CC3(F)F)ncc2c(=O)n1Cc1cccc(F)c1. The van der Waals surface area contributed by atoms with Crippen molar-refractivity contribution in [3.63, 3.8) is 0 Å². The number of fused-ring (bicyclic) bond motifs is 1. The summed E-state index contributed by atoms with van der Waals surface area (Å²) >= 11 is 0. The van der Waals surface area contributed by atoms with Gasteiger partial charge in [-0.25, -0.2) is 18.2 Å². The van der Waals surface area contributed by atoms with Crippen LogP contribution in [0.1, 0.15) is 29.4 Å². The standard InChI is InChI=1S/C17H14F3N3O/c1-10-8-23-14(7-21-15(23)13-6-17(13,19)20)16(24)22(10)9-11-3-2-4-12(18)5-11/h2-5,7-8,13H,6,9H2,1H3/t13-/m1/s1. The minimum absolute atomic E-state index is 0.207. The highest BCUT2D eigenvalue weighted by atomic mass is 19.3. The molecule has 24 heavy (non-hydrogen) atoms. The zero-order chi connectivity index (χ0) is 17.1. The first kappa shape index (κ1) is 15.0. The molecule has 1 fully saturated rings. The van der Waals surface area contributed by atoms with Crippen LogP contribution in [0.25, 0.3) is 5.52 Å². The third kappa shape index (κ3) is 2.31. The summed E-state index contributed by atoms with van der Waals surface area (Å²) in [5.74, 6) is -3.83. The molecule has 0 saturated heterocycles. The van der Waals surface area contributed by atoms with Gasteiger partial charge in [-0.1, -0.05) is 12.1 Å². The Morgan fingerprint density at radius 3 is 2.79 bits per heavy atom. The summed E-state index contributed by atoms with van der Waals surface area (Å²) in [6.45, 7) is 1.92. The second-order valence-electron chi connectivity index (χ2n) is 6.18. The van der Waals surface area contributed by atoms with E-state index in [2.05, 4.69) is 4.98 Å². The summed E-state index contributed by atoms with van der Waals surface area (Å²) in [7, 11) is 0. The zero-order valence-corrected chi connectivity index (χ0v) is 12.8. The molecule has 0 bridgehead atoms. The van der Waals surface area contributed by atoms with Crippen LogP contribution < -0.4 is 5.56 Å². The monoisotopic (exact) mass is 333 g/mol. The van der Waals surface area contributed by atoms with E-state index in [-0.39, 0.29) is 35.7 Å². The van der Waals surface area contributed by atoms with Crippen LogP contribution in [0.3, 0.4) is 0 Å². The van der Waals surface area contributed by atoms with E-state index in [0.29, 0.717) is 11.3 Å². The van der Waals surface area contributed by atoms with Crippen molar-refractivity contribution in [2.45, 2.75) is 31.7 Å². The molecule has 124 valence electrons. The van der Waals surface area contributed by atoms with Gasteiger partial charge >= 0.3 is 0 Å². The maximum absolute atomic E-state index is 13.3. The molecule has 1 atom stereocenters. The van der Waals surface area contributed by atoms with Crippen molar-refractivity contribution in [3.8, 4) is 0 Å². The van der Waals surface area contributed by atoms with Gasteiger partial charge in [-0.05, 0) is 24.6 Å². The van der Waals surface area contributed by atoms with Gasteiger partial charge in [0.15, 0.2) is 0 Å². The van der Waals surface area contributed by atoms with Crippen molar-refractivity contribution in [2.75, 3.05) is 0 Å². The highest BCUT2D eigenvalue weighted by molar-refractivity contribution is 5.46. The lowest BCUT2D eigenvalue weighted by atomic mass is 10.2. The van der Waals surface area contributed by atoms with Gasteiger partial charge < -0.3 is 4.57 Å². The Labute approximate surface area is 135 Å². The van der Waals surface area contributed by atoms with Crippen molar-refractivity contribution in [2.24, 2.45) is 0 Å². The van der Waals surface area contributed by atoms with E-state index >= 15 is 0 Å². The van der Waals surface area contributed by atoms with E-state index in [4.69, 9.17) is 0 Å². The van der Waals surface area contributed by atoms with Crippen molar-refractivity contribution in [1.29, 1.82) is 0 Å². The summed E-state index contributed by atoms with van der Waals surface area (Å²) in [4.78, 5) is 16.7. The molecule has 0 radical (unpaired) electrons. The Kier molecular flexibility index (Phi) is 3.10. The Morgan fingerprint density at radius 2 is 2.12 bits per heavy atom. The minimum Gasteiger partial charge on any atom is -0.305 e.